The summed E-state index contributed by atoms with van der Waals surface area (Å²) in [5.41, 5.74) is 1.04. The minimum absolute atomic E-state index is 0.975. The number of nitrogens with zero attached hydrogens (tertiary/aromatic N) is 1. The molecule has 0 aliphatic rings. The molecular weight excluding hydrogens is 182 g/mol. The summed E-state index contributed by atoms with van der Waals surface area (Å²) in [6.07, 6.45) is 3.50. The third kappa shape index (κ3) is 1.70. The van der Waals surface area contributed by atoms with E-state index in [9.17, 15) is 0 Å². The first-order valence-corrected chi connectivity index (χ1v) is 4.77. The monoisotopic (exact) mass is 191 g/mol. The Morgan fingerprint density at radius 2 is 2.23 bits per heavy atom. The maximum absolute atomic E-state index is 4.83. The summed E-state index contributed by atoms with van der Waals surface area (Å²) in [5.74, 6) is 0. The normalized spacial score (nSPS) is 11.2. The molecule has 2 nitrogen and oxygen atoms in total. The standard InChI is InChI=1S/C10H9NOS/c1-12-7-6-10-11-8-4-2-3-5-9(8)13-10/h2-7H,1H3/b7-6+. The number of para-hydroxylation sites is 1. The highest BCUT2D eigenvalue weighted by molar-refractivity contribution is 7.19. The van der Waals surface area contributed by atoms with Gasteiger partial charge >= 0.3 is 0 Å². The first kappa shape index (κ1) is 8.26. The highest BCUT2D eigenvalue weighted by atomic mass is 32.1. The highest BCUT2D eigenvalue weighted by Crippen LogP contribution is 2.22. The van der Waals surface area contributed by atoms with Gasteiger partial charge in [0.2, 0.25) is 0 Å². The van der Waals surface area contributed by atoms with Crippen LogP contribution in [0.1, 0.15) is 5.01 Å². The van der Waals surface area contributed by atoms with Crippen molar-refractivity contribution in [1.29, 1.82) is 0 Å². The van der Waals surface area contributed by atoms with Crippen LogP contribution in [0.15, 0.2) is 30.5 Å². The Morgan fingerprint density at radius 1 is 1.38 bits per heavy atom. The Bertz CT molecular complexity index is 400. The molecule has 0 unspecified atom stereocenters. The lowest BCUT2D eigenvalue weighted by Gasteiger charge is -1.82. The van der Waals surface area contributed by atoms with E-state index in [-0.39, 0.29) is 0 Å². The zero-order valence-corrected chi connectivity index (χ0v) is 8.04. The first-order valence-electron chi connectivity index (χ1n) is 3.95. The summed E-state index contributed by atoms with van der Waals surface area (Å²) in [6.45, 7) is 0. The summed E-state index contributed by atoms with van der Waals surface area (Å²) < 4.78 is 6.03. The minimum Gasteiger partial charge on any atom is -0.504 e. The van der Waals surface area contributed by atoms with Crippen LogP contribution in [0.5, 0.6) is 0 Å². The summed E-state index contributed by atoms with van der Waals surface area (Å²) >= 11 is 1.66. The number of methoxy groups -OCH3 is 1. The van der Waals surface area contributed by atoms with E-state index in [1.807, 2.05) is 24.3 Å². The van der Waals surface area contributed by atoms with Crippen molar-refractivity contribution in [3.63, 3.8) is 0 Å². The van der Waals surface area contributed by atoms with Gasteiger partial charge in [0.25, 0.3) is 0 Å². The molecule has 0 saturated carbocycles. The van der Waals surface area contributed by atoms with Crippen molar-refractivity contribution < 1.29 is 4.74 Å². The number of benzene rings is 1. The second kappa shape index (κ2) is 3.58. The van der Waals surface area contributed by atoms with Crippen LogP contribution in [0.3, 0.4) is 0 Å². The van der Waals surface area contributed by atoms with Gasteiger partial charge in [0.15, 0.2) is 0 Å². The van der Waals surface area contributed by atoms with Crippen LogP contribution in [-0.2, 0) is 4.74 Å². The van der Waals surface area contributed by atoms with Crippen molar-refractivity contribution in [2.75, 3.05) is 7.11 Å². The molecule has 2 aromatic rings. The molecule has 0 bridgehead atoms. The molecule has 1 aromatic carbocycles. The lowest BCUT2D eigenvalue weighted by molar-refractivity contribution is 0.341. The maximum Gasteiger partial charge on any atom is 0.120 e. The SMILES string of the molecule is CO/C=C/c1nc2ccccc2s1. The topological polar surface area (TPSA) is 22.1 Å². The quantitative estimate of drug-likeness (QED) is 0.681. The fraction of sp³-hybridized carbons (Fsp3) is 0.100. The number of thiazole rings is 1. The van der Waals surface area contributed by atoms with Crippen LogP contribution in [-0.4, -0.2) is 12.1 Å². The zero-order valence-electron chi connectivity index (χ0n) is 7.23. The van der Waals surface area contributed by atoms with Gasteiger partial charge in [0.1, 0.15) is 5.01 Å². The predicted molar refractivity (Wildman–Crippen MR) is 55.7 cm³/mol. The number of hydrogen-bond acceptors (Lipinski definition) is 3. The Labute approximate surface area is 80.5 Å². The van der Waals surface area contributed by atoms with Gasteiger partial charge in [-0.2, -0.15) is 0 Å². The number of rotatable bonds is 2. The third-order valence-electron chi connectivity index (χ3n) is 1.66. The van der Waals surface area contributed by atoms with E-state index >= 15 is 0 Å². The van der Waals surface area contributed by atoms with Crippen LogP contribution in [0, 0.1) is 0 Å². The Hall–Kier alpha value is -1.35. The van der Waals surface area contributed by atoms with Crippen molar-refractivity contribution in [3.8, 4) is 0 Å². The molecule has 0 atom stereocenters. The molecule has 3 heteroatoms. The minimum atomic E-state index is 0.975. The van der Waals surface area contributed by atoms with Crippen LogP contribution in [0.25, 0.3) is 16.3 Å². The van der Waals surface area contributed by atoms with Crippen molar-refractivity contribution in [2.24, 2.45) is 0 Å². The van der Waals surface area contributed by atoms with E-state index in [2.05, 4.69) is 11.1 Å². The molecule has 0 saturated heterocycles. The molecule has 0 aliphatic heterocycles. The lowest BCUT2D eigenvalue weighted by atomic mass is 10.3. The molecule has 0 amide bonds. The van der Waals surface area contributed by atoms with Crippen molar-refractivity contribution in [2.45, 2.75) is 0 Å². The second-order valence-corrected chi connectivity index (χ2v) is 3.62. The molecule has 0 spiro atoms. The van der Waals surface area contributed by atoms with Crippen molar-refractivity contribution in [3.05, 3.63) is 35.5 Å². The molecule has 0 N–H and O–H groups in total. The molecule has 0 fully saturated rings. The van der Waals surface area contributed by atoms with Gasteiger partial charge in [0.05, 0.1) is 23.6 Å². The molecule has 13 heavy (non-hydrogen) atoms. The van der Waals surface area contributed by atoms with Gasteiger partial charge in [0, 0.05) is 6.08 Å². The highest BCUT2D eigenvalue weighted by Gasteiger charge is 1.98. The predicted octanol–water partition coefficient (Wildman–Crippen LogP) is 2.91. The Kier molecular flexibility index (Phi) is 2.27. The van der Waals surface area contributed by atoms with Gasteiger partial charge in [-0.05, 0) is 12.1 Å². The summed E-state index contributed by atoms with van der Waals surface area (Å²) in [6, 6.07) is 8.09. The van der Waals surface area contributed by atoms with E-state index < -0.39 is 0 Å². The Balaban J connectivity index is 2.44. The lowest BCUT2D eigenvalue weighted by Crippen LogP contribution is -1.69. The number of ether oxygens (including phenoxy) is 1. The summed E-state index contributed by atoms with van der Waals surface area (Å²) in [7, 11) is 1.63. The second-order valence-electron chi connectivity index (χ2n) is 2.56. The van der Waals surface area contributed by atoms with Crippen LogP contribution >= 0.6 is 11.3 Å². The number of hydrogen-bond donors (Lipinski definition) is 0. The van der Waals surface area contributed by atoms with Crippen LogP contribution < -0.4 is 0 Å². The van der Waals surface area contributed by atoms with E-state index in [1.54, 1.807) is 24.7 Å². The summed E-state index contributed by atoms with van der Waals surface area (Å²) in [4.78, 5) is 4.40. The fourth-order valence-corrected chi connectivity index (χ4v) is 1.95. The van der Waals surface area contributed by atoms with Gasteiger partial charge in [-0.3, -0.25) is 0 Å². The first-order chi connectivity index (χ1) is 6.40. The molecule has 1 aromatic heterocycles. The van der Waals surface area contributed by atoms with E-state index in [0.29, 0.717) is 0 Å². The van der Waals surface area contributed by atoms with Gasteiger partial charge in [-0.15, -0.1) is 11.3 Å². The smallest absolute Gasteiger partial charge is 0.120 e. The molecule has 1 heterocycles. The van der Waals surface area contributed by atoms with Crippen LogP contribution in [0.2, 0.25) is 0 Å². The van der Waals surface area contributed by atoms with Crippen molar-refractivity contribution >= 4 is 27.6 Å². The van der Waals surface area contributed by atoms with E-state index in [1.165, 1.54) is 4.70 Å². The van der Waals surface area contributed by atoms with Crippen LogP contribution in [0.4, 0.5) is 0 Å². The van der Waals surface area contributed by atoms with Gasteiger partial charge < -0.3 is 4.74 Å². The average Bonchev–Trinajstić information content (AvgIpc) is 2.57. The fourth-order valence-electron chi connectivity index (χ4n) is 1.09. The number of fused-ring (bicyclic) bond motifs is 1. The Morgan fingerprint density at radius 3 is 3.00 bits per heavy atom. The zero-order chi connectivity index (χ0) is 9.10. The number of aromatic nitrogens is 1. The molecular formula is C10H9NOS. The van der Waals surface area contributed by atoms with E-state index in [4.69, 9.17) is 4.74 Å². The molecule has 66 valence electrons. The maximum atomic E-state index is 4.83. The summed E-state index contributed by atoms with van der Waals surface area (Å²) in [5, 5.41) is 0.975. The van der Waals surface area contributed by atoms with Crippen molar-refractivity contribution in [1.82, 2.24) is 4.98 Å². The molecule has 0 radical (unpaired) electrons. The van der Waals surface area contributed by atoms with E-state index in [0.717, 1.165) is 10.5 Å². The molecule has 2 rings (SSSR count). The molecule has 0 aliphatic carbocycles. The van der Waals surface area contributed by atoms with Gasteiger partial charge in [-0.25, -0.2) is 4.98 Å². The average molecular weight is 191 g/mol. The largest absolute Gasteiger partial charge is 0.504 e. The third-order valence-corrected chi connectivity index (χ3v) is 2.66. The van der Waals surface area contributed by atoms with Gasteiger partial charge in [-0.1, -0.05) is 12.1 Å².